The Morgan fingerprint density at radius 3 is 2.46 bits per heavy atom. The van der Waals surface area contributed by atoms with E-state index >= 15 is 0 Å². The van der Waals surface area contributed by atoms with Gasteiger partial charge < -0.3 is 0 Å². The lowest BCUT2D eigenvalue weighted by Gasteiger charge is -2.31. The number of rotatable bonds is 7. The van der Waals surface area contributed by atoms with E-state index in [1.54, 1.807) is 30.3 Å². The summed E-state index contributed by atoms with van der Waals surface area (Å²) in [6.45, 7) is 5.12. The molecule has 0 bridgehead atoms. The van der Waals surface area contributed by atoms with Crippen LogP contribution in [0.5, 0.6) is 0 Å². The van der Waals surface area contributed by atoms with Gasteiger partial charge in [0.25, 0.3) is 20.2 Å². The Kier molecular flexibility index (Phi) is 5.86. The maximum atomic E-state index is 13.4. The number of benzene rings is 1. The third-order valence-corrected chi connectivity index (χ3v) is 11.0. The number of hydrogen-bond donors (Lipinski definition) is 1. The van der Waals surface area contributed by atoms with Crippen molar-refractivity contribution in [3.05, 3.63) is 54.1 Å². The van der Waals surface area contributed by atoms with E-state index in [-0.39, 0.29) is 28.4 Å². The number of hydrogen-bond acceptors (Lipinski definition) is 7. The van der Waals surface area contributed by atoms with Crippen molar-refractivity contribution in [2.75, 3.05) is 13.1 Å². The average molecular weight is 544 g/mol. The second-order valence-electron chi connectivity index (χ2n) is 9.97. The van der Waals surface area contributed by atoms with Crippen LogP contribution >= 0.6 is 0 Å². The highest BCUT2D eigenvalue weighted by molar-refractivity contribution is 7.90. The van der Waals surface area contributed by atoms with Crippen molar-refractivity contribution >= 4 is 37.0 Å². The first kappa shape index (κ1) is 24.5. The highest BCUT2D eigenvalue weighted by atomic mass is 32.2. The van der Waals surface area contributed by atoms with Gasteiger partial charge in [-0.15, -0.1) is 10.2 Å². The van der Waals surface area contributed by atoms with Gasteiger partial charge in [0.2, 0.25) is 0 Å². The molecule has 4 aromatic rings. The second kappa shape index (κ2) is 8.86. The molecule has 1 saturated heterocycles. The molecule has 4 heterocycles. The quantitative estimate of drug-likeness (QED) is 0.379. The maximum Gasteiger partial charge on any atom is 0.279 e. The molecule has 6 rings (SSSR count). The minimum absolute atomic E-state index is 0.0354. The topological polar surface area (TPSA) is 132 Å². The Bertz CT molecular complexity index is 1690. The lowest BCUT2D eigenvalue weighted by Crippen LogP contribution is -2.50. The van der Waals surface area contributed by atoms with Crippen molar-refractivity contribution in [1.29, 1.82) is 0 Å². The zero-order valence-corrected chi connectivity index (χ0v) is 22.3. The molecule has 11 nitrogen and oxygen atoms in total. The van der Waals surface area contributed by atoms with E-state index in [1.807, 2.05) is 11.3 Å². The second-order valence-corrected chi connectivity index (χ2v) is 13.5. The van der Waals surface area contributed by atoms with Gasteiger partial charge in [-0.1, -0.05) is 31.0 Å². The molecule has 0 radical (unpaired) electrons. The van der Waals surface area contributed by atoms with E-state index in [1.165, 1.54) is 20.7 Å². The summed E-state index contributed by atoms with van der Waals surface area (Å²) in [4.78, 5) is 4.60. The van der Waals surface area contributed by atoms with E-state index in [0.29, 0.717) is 42.9 Å². The van der Waals surface area contributed by atoms with Crippen LogP contribution in [0.3, 0.4) is 0 Å². The van der Waals surface area contributed by atoms with Gasteiger partial charge in [-0.05, 0) is 50.3 Å². The molecule has 2 fully saturated rings. The molecule has 1 aliphatic carbocycles. The fourth-order valence-corrected chi connectivity index (χ4v) is 8.31. The Balaban J connectivity index is 1.38. The summed E-state index contributed by atoms with van der Waals surface area (Å²) in [6.07, 6.45) is 6.09. The number of aromatic nitrogens is 5. The van der Waals surface area contributed by atoms with Crippen LogP contribution in [0.15, 0.2) is 47.6 Å². The molecule has 0 amide bonds. The van der Waals surface area contributed by atoms with Crippen LogP contribution in [0.25, 0.3) is 16.8 Å². The fourth-order valence-electron chi connectivity index (χ4n) is 5.51. The van der Waals surface area contributed by atoms with Gasteiger partial charge in [0, 0.05) is 31.2 Å². The van der Waals surface area contributed by atoms with E-state index in [0.717, 1.165) is 18.4 Å². The summed E-state index contributed by atoms with van der Waals surface area (Å²) in [5.41, 5.74) is 2.37. The SMILES string of the molecule is CC[C@@H]1C[C@H](NS(=O)(=O)N2CCC2)C[C@@H]1c1nnc2cnc3c(ccn3S(=O)(=O)c3ccc(C)cc3)n12. The van der Waals surface area contributed by atoms with Crippen molar-refractivity contribution in [3.8, 4) is 0 Å². The third-order valence-electron chi connectivity index (χ3n) is 7.66. The van der Waals surface area contributed by atoms with Crippen LogP contribution in [-0.4, -0.2) is 63.8 Å². The Labute approximate surface area is 215 Å². The monoisotopic (exact) mass is 543 g/mol. The minimum atomic E-state index is -3.85. The molecule has 13 heteroatoms. The molecule has 0 spiro atoms. The largest absolute Gasteiger partial charge is 0.279 e. The van der Waals surface area contributed by atoms with Gasteiger partial charge in [0.15, 0.2) is 11.3 Å². The lowest BCUT2D eigenvalue weighted by atomic mass is 9.93. The van der Waals surface area contributed by atoms with E-state index < -0.39 is 20.2 Å². The Morgan fingerprint density at radius 2 is 1.78 bits per heavy atom. The van der Waals surface area contributed by atoms with Crippen molar-refractivity contribution in [1.82, 2.24) is 32.6 Å². The minimum Gasteiger partial charge on any atom is -0.274 e. The summed E-state index contributed by atoms with van der Waals surface area (Å²) in [5, 5.41) is 8.80. The molecular formula is C24H29N7O4S2. The molecule has 1 aliphatic heterocycles. The van der Waals surface area contributed by atoms with Crippen LogP contribution in [0.2, 0.25) is 0 Å². The van der Waals surface area contributed by atoms with Gasteiger partial charge in [-0.3, -0.25) is 4.40 Å². The highest BCUT2D eigenvalue weighted by Gasteiger charge is 2.40. The van der Waals surface area contributed by atoms with Crippen molar-refractivity contribution in [2.45, 2.75) is 56.4 Å². The molecule has 1 aromatic carbocycles. The fraction of sp³-hybridized carbons (Fsp3) is 0.458. The van der Waals surface area contributed by atoms with Crippen LogP contribution in [0.1, 0.15) is 49.9 Å². The molecule has 196 valence electrons. The predicted molar refractivity (Wildman–Crippen MR) is 138 cm³/mol. The normalized spacial score (nSPS) is 23.1. The van der Waals surface area contributed by atoms with Gasteiger partial charge in [-0.25, -0.2) is 17.4 Å². The van der Waals surface area contributed by atoms with Crippen LogP contribution < -0.4 is 4.72 Å². The first-order chi connectivity index (χ1) is 17.7. The average Bonchev–Trinajstić information content (AvgIpc) is 3.53. The third kappa shape index (κ3) is 4.04. The predicted octanol–water partition coefficient (Wildman–Crippen LogP) is 2.44. The van der Waals surface area contributed by atoms with Crippen molar-refractivity contribution in [2.24, 2.45) is 5.92 Å². The zero-order valence-electron chi connectivity index (χ0n) is 20.6. The highest BCUT2D eigenvalue weighted by Crippen LogP contribution is 2.42. The Morgan fingerprint density at radius 1 is 1.03 bits per heavy atom. The molecule has 0 unspecified atom stereocenters. The van der Waals surface area contributed by atoms with Gasteiger partial charge >= 0.3 is 0 Å². The maximum absolute atomic E-state index is 13.4. The van der Waals surface area contributed by atoms with Crippen LogP contribution in [-0.2, 0) is 20.2 Å². The molecule has 37 heavy (non-hydrogen) atoms. The first-order valence-corrected chi connectivity index (χ1v) is 15.4. The van der Waals surface area contributed by atoms with Gasteiger partial charge in [-0.2, -0.15) is 17.4 Å². The summed E-state index contributed by atoms with van der Waals surface area (Å²) in [5.74, 6) is 0.871. The summed E-state index contributed by atoms with van der Waals surface area (Å²) < 4.78 is 59.6. The summed E-state index contributed by atoms with van der Waals surface area (Å²) >= 11 is 0. The smallest absolute Gasteiger partial charge is 0.274 e. The molecule has 1 saturated carbocycles. The number of nitrogens with one attached hydrogen (secondary N) is 1. The van der Waals surface area contributed by atoms with E-state index in [9.17, 15) is 16.8 Å². The van der Waals surface area contributed by atoms with Gasteiger partial charge in [0.05, 0.1) is 16.6 Å². The number of aryl methyl sites for hydroxylation is 1. The van der Waals surface area contributed by atoms with Gasteiger partial charge in [0.1, 0.15) is 5.82 Å². The Hall–Kier alpha value is -2.87. The van der Waals surface area contributed by atoms with Crippen LogP contribution in [0, 0.1) is 12.8 Å². The molecule has 3 atom stereocenters. The van der Waals surface area contributed by atoms with E-state index in [4.69, 9.17) is 0 Å². The number of nitrogens with zero attached hydrogens (tertiary/aromatic N) is 6. The van der Waals surface area contributed by atoms with Crippen molar-refractivity contribution in [3.63, 3.8) is 0 Å². The van der Waals surface area contributed by atoms with E-state index in [2.05, 4.69) is 26.8 Å². The van der Waals surface area contributed by atoms with Crippen molar-refractivity contribution < 1.29 is 16.8 Å². The molecule has 1 N–H and O–H groups in total. The molecular weight excluding hydrogens is 514 g/mol. The molecule has 2 aliphatic rings. The molecule has 3 aromatic heterocycles. The lowest BCUT2D eigenvalue weighted by molar-refractivity contribution is 0.301. The summed E-state index contributed by atoms with van der Waals surface area (Å²) in [6, 6.07) is 8.22. The van der Waals surface area contributed by atoms with Crippen LogP contribution in [0.4, 0.5) is 0 Å². The standard InChI is InChI=1S/C24H29N7O4S2/c1-3-17-13-18(28-37(34,35)29-10-4-11-29)14-20(17)23-27-26-22-15-25-24-21(31(22)23)9-12-30(24)36(32,33)19-7-5-16(2)6-8-19/h5-9,12,15,17-18,20,28H,3-4,10-11,13-14H2,1-2H3/t17-,18+,20+/m1/s1. The first-order valence-electron chi connectivity index (χ1n) is 12.5. The zero-order chi connectivity index (χ0) is 25.9. The summed E-state index contributed by atoms with van der Waals surface area (Å²) in [7, 11) is -7.34. The number of fused-ring (bicyclic) bond motifs is 3.